The van der Waals surface area contributed by atoms with Crippen LogP contribution in [0.25, 0.3) is 0 Å². The van der Waals surface area contributed by atoms with Gasteiger partial charge in [-0.2, -0.15) is 0 Å². The highest BCUT2D eigenvalue weighted by molar-refractivity contribution is 14.1. The molecule has 1 unspecified atom stereocenters. The van der Waals surface area contributed by atoms with Crippen molar-refractivity contribution in [2.24, 2.45) is 0 Å². The van der Waals surface area contributed by atoms with Crippen LogP contribution in [-0.4, -0.2) is 13.7 Å². The normalized spacial score (nSPS) is 12.2. The zero-order valence-corrected chi connectivity index (χ0v) is 13.3. The zero-order chi connectivity index (χ0) is 13.7. The quantitative estimate of drug-likeness (QED) is 0.807. The average molecular weight is 367 g/mol. The molecule has 0 heterocycles. The van der Waals surface area contributed by atoms with Crippen molar-refractivity contribution < 1.29 is 4.74 Å². The molecule has 100 valence electrons. The van der Waals surface area contributed by atoms with E-state index in [9.17, 15) is 0 Å². The molecule has 2 aromatic rings. The SMILES string of the molecule is CCOc1ccc(C(NC)c2ccc(I)cc2)cc1. The lowest BCUT2D eigenvalue weighted by Crippen LogP contribution is -2.17. The summed E-state index contributed by atoms with van der Waals surface area (Å²) in [6.07, 6.45) is 0. The number of nitrogens with one attached hydrogen (secondary N) is 1. The van der Waals surface area contributed by atoms with Crippen molar-refractivity contribution in [3.63, 3.8) is 0 Å². The Morgan fingerprint density at radius 1 is 1.00 bits per heavy atom. The molecule has 2 aromatic carbocycles. The van der Waals surface area contributed by atoms with Gasteiger partial charge in [0, 0.05) is 3.57 Å². The second-order valence-corrected chi connectivity index (χ2v) is 5.52. The highest BCUT2D eigenvalue weighted by Crippen LogP contribution is 2.24. The van der Waals surface area contributed by atoms with Gasteiger partial charge in [0.25, 0.3) is 0 Å². The van der Waals surface area contributed by atoms with Gasteiger partial charge in [0.15, 0.2) is 0 Å². The minimum atomic E-state index is 0.215. The number of hydrogen-bond acceptors (Lipinski definition) is 2. The van der Waals surface area contributed by atoms with Gasteiger partial charge in [-0.1, -0.05) is 24.3 Å². The molecule has 3 heteroatoms. The van der Waals surface area contributed by atoms with E-state index in [1.807, 2.05) is 26.1 Å². The molecule has 0 bridgehead atoms. The highest BCUT2D eigenvalue weighted by atomic mass is 127. The van der Waals surface area contributed by atoms with Gasteiger partial charge in [0.2, 0.25) is 0 Å². The van der Waals surface area contributed by atoms with Crippen LogP contribution in [0.15, 0.2) is 48.5 Å². The third-order valence-electron chi connectivity index (χ3n) is 3.02. The van der Waals surface area contributed by atoms with Gasteiger partial charge in [-0.05, 0) is 72.0 Å². The van der Waals surface area contributed by atoms with Crippen LogP contribution < -0.4 is 10.1 Å². The fourth-order valence-electron chi connectivity index (χ4n) is 2.10. The summed E-state index contributed by atoms with van der Waals surface area (Å²) in [6, 6.07) is 17.1. The molecule has 1 N–H and O–H groups in total. The number of ether oxygens (including phenoxy) is 1. The predicted octanol–water partition coefficient (Wildman–Crippen LogP) is 4.00. The predicted molar refractivity (Wildman–Crippen MR) is 87.7 cm³/mol. The topological polar surface area (TPSA) is 21.3 Å². The summed E-state index contributed by atoms with van der Waals surface area (Å²) >= 11 is 2.32. The lowest BCUT2D eigenvalue weighted by Gasteiger charge is -2.17. The average Bonchev–Trinajstić information content (AvgIpc) is 2.44. The van der Waals surface area contributed by atoms with E-state index in [-0.39, 0.29) is 6.04 Å². The monoisotopic (exact) mass is 367 g/mol. The second-order valence-electron chi connectivity index (χ2n) is 4.28. The molecule has 0 spiro atoms. The molecular weight excluding hydrogens is 349 g/mol. The first-order valence-corrected chi connectivity index (χ1v) is 7.48. The highest BCUT2D eigenvalue weighted by Gasteiger charge is 2.11. The Hall–Kier alpha value is -1.07. The fraction of sp³-hybridized carbons (Fsp3) is 0.250. The molecule has 19 heavy (non-hydrogen) atoms. The van der Waals surface area contributed by atoms with Crippen LogP contribution in [0.2, 0.25) is 0 Å². The van der Waals surface area contributed by atoms with Gasteiger partial charge in [0.05, 0.1) is 12.6 Å². The molecule has 1 atom stereocenters. The summed E-state index contributed by atoms with van der Waals surface area (Å²) in [5.74, 6) is 0.920. The van der Waals surface area contributed by atoms with Gasteiger partial charge in [-0.15, -0.1) is 0 Å². The minimum Gasteiger partial charge on any atom is -0.494 e. The van der Waals surface area contributed by atoms with E-state index in [0.717, 1.165) is 5.75 Å². The maximum atomic E-state index is 5.47. The number of hydrogen-bond donors (Lipinski definition) is 1. The van der Waals surface area contributed by atoms with Crippen LogP contribution in [0, 0.1) is 3.57 Å². The third-order valence-corrected chi connectivity index (χ3v) is 3.74. The smallest absolute Gasteiger partial charge is 0.119 e. The van der Waals surface area contributed by atoms with E-state index in [4.69, 9.17) is 4.74 Å². The third kappa shape index (κ3) is 3.70. The van der Waals surface area contributed by atoms with Gasteiger partial charge >= 0.3 is 0 Å². The van der Waals surface area contributed by atoms with Gasteiger partial charge in [0.1, 0.15) is 5.75 Å². The Balaban J connectivity index is 2.23. The fourth-order valence-corrected chi connectivity index (χ4v) is 2.46. The van der Waals surface area contributed by atoms with Crippen LogP contribution in [0.4, 0.5) is 0 Å². The maximum Gasteiger partial charge on any atom is 0.119 e. The van der Waals surface area contributed by atoms with E-state index in [1.165, 1.54) is 14.7 Å². The van der Waals surface area contributed by atoms with Crippen molar-refractivity contribution in [2.75, 3.05) is 13.7 Å². The van der Waals surface area contributed by atoms with Gasteiger partial charge in [-0.3, -0.25) is 0 Å². The standard InChI is InChI=1S/C16H18INO/c1-3-19-15-10-6-13(7-11-15)16(18-2)12-4-8-14(17)9-5-12/h4-11,16,18H,3H2,1-2H3. The lowest BCUT2D eigenvalue weighted by atomic mass is 9.99. The number of halogens is 1. The molecule has 0 amide bonds. The molecule has 0 aromatic heterocycles. The Morgan fingerprint density at radius 2 is 1.53 bits per heavy atom. The van der Waals surface area contributed by atoms with Crippen molar-refractivity contribution in [2.45, 2.75) is 13.0 Å². The first-order valence-electron chi connectivity index (χ1n) is 6.40. The van der Waals surface area contributed by atoms with E-state index < -0.39 is 0 Å². The molecule has 0 aliphatic heterocycles. The molecule has 0 saturated carbocycles. The molecule has 2 nitrogen and oxygen atoms in total. The number of benzene rings is 2. The Morgan fingerprint density at radius 3 is 2.00 bits per heavy atom. The van der Waals surface area contributed by atoms with Crippen LogP contribution >= 0.6 is 22.6 Å². The zero-order valence-electron chi connectivity index (χ0n) is 11.2. The summed E-state index contributed by atoms with van der Waals surface area (Å²) in [5, 5.41) is 3.36. The molecule has 0 radical (unpaired) electrons. The maximum absolute atomic E-state index is 5.47. The number of rotatable bonds is 5. The molecular formula is C16H18INO. The summed E-state index contributed by atoms with van der Waals surface area (Å²) in [7, 11) is 1.99. The first-order chi connectivity index (χ1) is 9.24. The molecule has 0 aliphatic rings. The van der Waals surface area contributed by atoms with Crippen molar-refractivity contribution >= 4 is 22.6 Å². The van der Waals surface area contributed by atoms with E-state index in [0.29, 0.717) is 6.61 Å². The molecule has 0 saturated heterocycles. The first kappa shape index (κ1) is 14.3. The van der Waals surface area contributed by atoms with E-state index in [1.54, 1.807) is 0 Å². The Kier molecular flexibility index (Phi) is 5.22. The molecule has 0 aliphatic carbocycles. The molecule has 2 rings (SSSR count). The lowest BCUT2D eigenvalue weighted by molar-refractivity contribution is 0.340. The van der Waals surface area contributed by atoms with Gasteiger partial charge < -0.3 is 10.1 Å². The van der Waals surface area contributed by atoms with Gasteiger partial charge in [-0.25, -0.2) is 0 Å². The Labute approximate surface area is 128 Å². The summed E-state index contributed by atoms with van der Waals surface area (Å²) in [6.45, 7) is 2.70. The second kappa shape index (κ2) is 6.91. The summed E-state index contributed by atoms with van der Waals surface area (Å²) in [4.78, 5) is 0. The van der Waals surface area contributed by atoms with Crippen LogP contribution in [0.3, 0.4) is 0 Å². The van der Waals surface area contributed by atoms with Crippen LogP contribution in [0.5, 0.6) is 5.75 Å². The Bertz CT molecular complexity index is 507. The minimum absolute atomic E-state index is 0.215. The van der Waals surface area contributed by atoms with Crippen LogP contribution in [0.1, 0.15) is 24.1 Å². The van der Waals surface area contributed by atoms with Crippen molar-refractivity contribution in [3.8, 4) is 5.75 Å². The van der Waals surface area contributed by atoms with E-state index in [2.05, 4.69) is 64.3 Å². The van der Waals surface area contributed by atoms with E-state index >= 15 is 0 Å². The largest absolute Gasteiger partial charge is 0.494 e. The summed E-state index contributed by atoms with van der Waals surface area (Å²) in [5.41, 5.74) is 2.51. The van der Waals surface area contributed by atoms with Crippen molar-refractivity contribution in [3.05, 3.63) is 63.2 Å². The summed E-state index contributed by atoms with van der Waals surface area (Å²) < 4.78 is 6.73. The van der Waals surface area contributed by atoms with Crippen molar-refractivity contribution in [1.82, 2.24) is 5.32 Å². The molecule has 0 fully saturated rings. The van der Waals surface area contributed by atoms with Crippen molar-refractivity contribution in [1.29, 1.82) is 0 Å². The van der Waals surface area contributed by atoms with Crippen LogP contribution in [-0.2, 0) is 0 Å².